The van der Waals surface area contributed by atoms with E-state index in [2.05, 4.69) is 0 Å². The lowest BCUT2D eigenvalue weighted by atomic mass is 10.1. The van der Waals surface area contributed by atoms with Crippen LogP contribution in [-0.2, 0) is 0 Å². The fourth-order valence-electron chi connectivity index (χ4n) is 2.08. The molecule has 5 heteroatoms. The van der Waals surface area contributed by atoms with Gasteiger partial charge in [-0.2, -0.15) is 0 Å². The summed E-state index contributed by atoms with van der Waals surface area (Å²) >= 11 is 0. The fraction of sp³-hybridized carbons (Fsp3) is 0.154. The van der Waals surface area contributed by atoms with Gasteiger partial charge in [-0.15, -0.1) is 0 Å². The highest BCUT2D eigenvalue weighted by atomic mass is 16.5. The van der Waals surface area contributed by atoms with Crippen LogP contribution >= 0.6 is 0 Å². The number of ether oxygens (including phenoxy) is 2. The molecule has 0 saturated heterocycles. The van der Waals surface area contributed by atoms with Gasteiger partial charge in [0.1, 0.15) is 0 Å². The van der Waals surface area contributed by atoms with Crippen molar-refractivity contribution in [1.29, 1.82) is 0 Å². The highest BCUT2D eigenvalue weighted by molar-refractivity contribution is 6.06. The van der Waals surface area contributed by atoms with Gasteiger partial charge in [-0.05, 0) is 12.1 Å². The summed E-state index contributed by atoms with van der Waals surface area (Å²) in [6.07, 6.45) is 1.53. The van der Waals surface area contributed by atoms with Gasteiger partial charge < -0.3 is 18.3 Å². The van der Waals surface area contributed by atoms with Gasteiger partial charge in [0.25, 0.3) is 0 Å². The Bertz CT molecular complexity index is 781. The predicted octanol–water partition coefficient (Wildman–Crippen LogP) is 2.56. The predicted molar refractivity (Wildman–Crippen MR) is 65.4 cm³/mol. The van der Waals surface area contributed by atoms with Crippen LogP contribution in [0.15, 0.2) is 38.1 Å². The lowest BCUT2D eigenvalue weighted by molar-refractivity contribution is 0.402. The Balaban J connectivity index is 2.63. The zero-order valence-electron chi connectivity index (χ0n) is 9.85. The highest BCUT2D eigenvalue weighted by Crippen LogP contribution is 2.42. The number of methoxy groups -OCH3 is 2. The second kappa shape index (κ2) is 3.80. The molecule has 0 spiro atoms. The van der Waals surface area contributed by atoms with Crippen LogP contribution in [0.1, 0.15) is 0 Å². The number of furan rings is 1. The third kappa shape index (κ3) is 1.30. The summed E-state index contributed by atoms with van der Waals surface area (Å²) in [5.41, 5.74) is 0.483. The van der Waals surface area contributed by atoms with Crippen LogP contribution in [0.3, 0.4) is 0 Å². The molecule has 0 N–H and O–H groups in total. The molecule has 2 heterocycles. The quantitative estimate of drug-likeness (QED) is 0.650. The monoisotopic (exact) mass is 246 g/mol. The van der Waals surface area contributed by atoms with Crippen molar-refractivity contribution >= 4 is 21.9 Å². The summed E-state index contributed by atoms with van der Waals surface area (Å²) in [4.78, 5) is 11.3. The van der Waals surface area contributed by atoms with E-state index in [0.717, 1.165) is 0 Å². The molecule has 0 radical (unpaired) electrons. The van der Waals surface area contributed by atoms with E-state index in [1.165, 1.54) is 26.5 Å². The van der Waals surface area contributed by atoms with Gasteiger partial charge in [-0.25, -0.2) is 4.79 Å². The maximum absolute atomic E-state index is 11.3. The van der Waals surface area contributed by atoms with Gasteiger partial charge in [-0.1, -0.05) is 0 Å². The van der Waals surface area contributed by atoms with E-state index in [1.807, 2.05) is 0 Å². The Morgan fingerprint density at radius 1 is 0.944 bits per heavy atom. The smallest absolute Gasteiger partial charge is 0.336 e. The molecule has 0 bridgehead atoms. The largest absolute Gasteiger partial charge is 0.492 e. The summed E-state index contributed by atoms with van der Waals surface area (Å²) in [6, 6.07) is 4.70. The Hall–Kier alpha value is -2.43. The summed E-state index contributed by atoms with van der Waals surface area (Å²) in [5, 5.41) is 1.34. The Morgan fingerprint density at radius 2 is 1.61 bits per heavy atom. The Kier molecular flexibility index (Phi) is 2.26. The Morgan fingerprint density at radius 3 is 2.33 bits per heavy atom. The number of hydrogen-bond donors (Lipinski definition) is 0. The maximum atomic E-state index is 11.3. The molecule has 5 nitrogen and oxygen atoms in total. The van der Waals surface area contributed by atoms with Crippen molar-refractivity contribution in [2.45, 2.75) is 0 Å². The van der Waals surface area contributed by atoms with E-state index >= 15 is 0 Å². The normalized spacial score (nSPS) is 11.0. The minimum absolute atomic E-state index is 0.357. The third-order valence-corrected chi connectivity index (χ3v) is 2.81. The van der Waals surface area contributed by atoms with Crippen LogP contribution in [0.4, 0.5) is 0 Å². The van der Waals surface area contributed by atoms with Crippen molar-refractivity contribution in [3.63, 3.8) is 0 Å². The van der Waals surface area contributed by atoms with Crippen LogP contribution in [0.25, 0.3) is 21.9 Å². The van der Waals surface area contributed by atoms with Crippen molar-refractivity contribution in [2.24, 2.45) is 0 Å². The second-order valence-electron chi connectivity index (χ2n) is 3.73. The highest BCUT2D eigenvalue weighted by Gasteiger charge is 2.19. The average molecular weight is 246 g/mol. The van der Waals surface area contributed by atoms with E-state index in [-0.39, 0.29) is 0 Å². The molecule has 2 aromatic heterocycles. The van der Waals surface area contributed by atoms with Gasteiger partial charge in [0.05, 0.1) is 31.3 Å². The van der Waals surface area contributed by atoms with E-state index in [1.54, 1.807) is 12.1 Å². The van der Waals surface area contributed by atoms with Gasteiger partial charge in [0.2, 0.25) is 0 Å². The van der Waals surface area contributed by atoms with Gasteiger partial charge in [0.15, 0.2) is 22.7 Å². The van der Waals surface area contributed by atoms with Crippen molar-refractivity contribution < 1.29 is 18.3 Å². The number of hydrogen-bond acceptors (Lipinski definition) is 5. The standard InChI is InChI=1S/C13H10O5/c1-15-10-7-3-4-9(14)18-13(7)11(16-2)8-5-6-17-12(8)10/h3-6H,1-2H3. The van der Waals surface area contributed by atoms with Crippen LogP contribution in [0, 0.1) is 0 Å². The summed E-state index contributed by atoms with van der Waals surface area (Å²) in [7, 11) is 3.05. The van der Waals surface area contributed by atoms with Crippen LogP contribution in [0.2, 0.25) is 0 Å². The molecule has 0 atom stereocenters. The summed E-state index contributed by atoms with van der Waals surface area (Å²) in [5.74, 6) is 0.988. The van der Waals surface area contributed by atoms with E-state index in [9.17, 15) is 4.79 Å². The van der Waals surface area contributed by atoms with Crippen molar-refractivity contribution in [3.8, 4) is 11.5 Å². The number of rotatable bonds is 2. The fourth-order valence-corrected chi connectivity index (χ4v) is 2.08. The lowest BCUT2D eigenvalue weighted by Gasteiger charge is -2.09. The molecule has 0 unspecified atom stereocenters. The van der Waals surface area contributed by atoms with Gasteiger partial charge in [0, 0.05) is 6.07 Å². The van der Waals surface area contributed by atoms with Crippen LogP contribution in [0.5, 0.6) is 11.5 Å². The van der Waals surface area contributed by atoms with Crippen molar-refractivity contribution in [2.75, 3.05) is 14.2 Å². The molecule has 0 saturated carbocycles. The maximum Gasteiger partial charge on any atom is 0.336 e. The lowest BCUT2D eigenvalue weighted by Crippen LogP contribution is -1.98. The van der Waals surface area contributed by atoms with Crippen molar-refractivity contribution in [3.05, 3.63) is 34.9 Å². The first-order chi connectivity index (χ1) is 8.76. The molecule has 3 rings (SSSR count). The Labute approximate surface area is 102 Å². The zero-order chi connectivity index (χ0) is 12.7. The molecule has 1 aromatic carbocycles. The minimum atomic E-state index is -0.439. The molecule has 92 valence electrons. The van der Waals surface area contributed by atoms with E-state index < -0.39 is 5.63 Å². The molecule has 0 aliphatic heterocycles. The second-order valence-corrected chi connectivity index (χ2v) is 3.73. The molecule has 3 aromatic rings. The topological polar surface area (TPSA) is 61.8 Å². The summed E-state index contributed by atoms with van der Waals surface area (Å²) < 4.78 is 21.2. The molecule has 0 amide bonds. The van der Waals surface area contributed by atoms with Crippen molar-refractivity contribution in [1.82, 2.24) is 0 Å². The summed E-state index contributed by atoms with van der Waals surface area (Å²) in [6.45, 7) is 0. The van der Waals surface area contributed by atoms with Crippen LogP contribution in [-0.4, -0.2) is 14.2 Å². The first-order valence-electron chi connectivity index (χ1n) is 5.31. The third-order valence-electron chi connectivity index (χ3n) is 2.81. The van der Waals surface area contributed by atoms with E-state index in [0.29, 0.717) is 33.4 Å². The van der Waals surface area contributed by atoms with Crippen LogP contribution < -0.4 is 15.1 Å². The zero-order valence-corrected chi connectivity index (χ0v) is 9.85. The SMILES string of the molecule is COc1c2ccc(=O)oc2c(OC)c2ccoc12. The molecule has 0 aliphatic rings. The average Bonchev–Trinajstić information content (AvgIpc) is 2.84. The molecule has 18 heavy (non-hydrogen) atoms. The molecular weight excluding hydrogens is 236 g/mol. The van der Waals surface area contributed by atoms with Gasteiger partial charge in [-0.3, -0.25) is 0 Å². The molecule has 0 fully saturated rings. The first-order valence-corrected chi connectivity index (χ1v) is 5.31. The number of benzene rings is 1. The number of fused-ring (bicyclic) bond motifs is 2. The minimum Gasteiger partial charge on any atom is -0.492 e. The van der Waals surface area contributed by atoms with Gasteiger partial charge >= 0.3 is 5.63 Å². The molecular formula is C13H10O5. The molecule has 0 aliphatic carbocycles. The van der Waals surface area contributed by atoms with E-state index in [4.69, 9.17) is 18.3 Å². The first kappa shape index (κ1) is 10.7.